The first kappa shape index (κ1) is 27.6. The number of allylic oxidation sites excluding steroid dienone is 1. The van der Waals surface area contributed by atoms with Crippen LogP contribution in [0.4, 0.5) is 5.69 Å². The van der Waals surface area contributed by atoms with E-state index < -0.39 is 16.9 Å². The lowest BCUT2D eigenvalue weighted by atomic mass is 9.91. The van der Waals surface area contributed by atoms with Crippen molar-refractivity contribution < 1.29 is 18.9 Å². The minimum Gasteiger partial charge on any atom is -0.463 e. The lowest BCUT2D eigenvalue weighted by Gasteiger charge is -2.25. The molecular weight excluding hydrogens is 622 g/mol. The fraction of sp³-hybridized carbons (Fsp3) is 0.129. The number of carbonyl (C=O) groups is 1. The number of thiazole rings is 1. The van der Waals surface area contributed by atoms with Crippen LogP contribution in [-0.4, -0.2) is 22.1 Å². The first-order valence-corrected chi connectivity index (χ1v) is 14.6. The third kappa shape index (κ3) is 4.80. The fourth-order valence-corrected chi connectivity index (χ4v) is 6.52. The molecule has 2 aromatic heterocycles. The first-order valence-electron chi connectivity index (χ1n) is 13.0. The van der Waals surface area contributed by atoms with E-state index in [2.05, 4.69) is 20.9 Å². The monoisotopic (exact) mass is 643 g/mol. The van der Waals surface area contributed by atoms with Gasteiger partial charge in [-0.25, -0.2) is 9.79 Å². The van der Waals surface area contributed by atoms with E-state index in [1.165, 1.54) is 22.0 Å². The maximum Gasteiger partial charge on any atom is 0.338 e. The summed E-state index contributed by atoms with van der Waals surface area (Å²) in [6, 6.07) is 20.8. The molecule has 0 bridgehead atoms. The Morgan fingerprint density at radius 2 is 1.95 bits per heavy atom. The number of aromatic nitrogens is 1. The number of nitro benzene ring substituents is 1. The standard InChI is InChI=1S/C31H22BrN3O6S/c1-3-40-30(37)27-17(2)33-31-34(28(27)22-10-6-8-18-7-4-5-9-21(18)22)29(36)26(42-31)16-20-12-14-25(41-20)23-13-11-19(32)15-24(23)35(38)39/h4-16,28H,3H2,1-2H3/b26-16-/t28-/m0/s1. The van der Waals surface area contributed by atoms with Gasteiger partial charge in [-0.15, -0.1) is 0 Å². The molecule has 3 aromatic carbocycles. The van der Waals surface area contributed by atoms with Gasteiger partial charge in [0.25, 0.3) is 11.2 Å². The van der Waals surface area contributed by atoms with E-state index in [0.717, 1.165) is 16.3 Å². The topological polar surface area (TPSA) is 117 Å². The molecule has 11 heteroatoms. The summed E-state index contributed by atoms with van der Waals surface area (Å²) in [4.78, 5) is 43.5. The number of nitrogens with zero attached hydrogens (tertiary/aromatic N) is 3. The summed E-state index contributed by atoms with van der Waals surface area (Å²) in [6.07, 6.45) is 1.58. The highest BCUT2D eigenvalue weighted by molar-refractivity contribution is 9.10. The van der Waals surface area contributed by atoms with Gasteiger partial charge in [0.15, 0.2) is 4.80 Å². The van der Waals surface area contributed by atoms with Gasteiger partial charge in [0.05, 0.1) is 38.9 Å². The van der Waals surface area contributed by atoms with Crippen molar-refractivity contribution >= 4 is 55.8 Å². The normalized spacial score (nSPS) is 15.0. The van der Waals surface area contributed by atoms with Crippen molar-refractivity contribution in [3.63, 3.8) is 0 Å². The van der Waals surface area contributed by atoms with Crippen LogP contribution in [-0.2, 0) is 9.53 Å². The molecule has 3 heterocycles. The number of rotatable bonds is 6. The zero-order valence-corrected chi connectivity index (χ0v) is 24.8. The van der Waals surface area contributed by atoms with Crippen LogP contribution in [0, 0.1) is 10.1 Å². The van der Waals surface area contributed by atoms with E-state index in [1.54, 1.807) is 44.2 Å². The molecule has 42 heavy (non-hydrogen) atoms. The Bertz CT molecular complexity index is 2120. The average molecular weight is 645 g/mol. The zero-order valence-electron chi connectivity index (χ0n) is 22.4. The Kier molecular flexibility index (Phi) is 7.21. The molecule has 0 radical (unpaired) electrons. The number of halogens is 1. The second-order valence-corrected chi connectivity index (χ2v) is 11.4. The number of furan rings is 1. The van der Waals surface area contributed by atoms with Gasteiger partial charge >= 0.3 is 5.97 Å². The molecule has 0 saturated heterocycles. The van der Waals surface area contributed by atoms with Crippen LogP contribution in [0.15, 0.2) is 103 Å². The molecule has 1 atom stereocenters. The molecule has 0 saturated carbocycles. The lowest BCUT2D eigenvalue weighted by molar-refractivity contribution is -0.384. The summed E-state index contributed by atoms with van der Waals surface area (Å²) >= 11 is 4.44. The van der Waals surface area contributed by atoms with Crippen LogP contribution < -0.4 is 14.9 Å². The third-order valence-electron chi connectivity index (χ3n) is 6.96. The van der Waals surface area contributed by atoms with Crippen molar-refractivity contribution in [3.05, 3.63) is 130 Å². The van der Waals surface area contributed by atoms with E-state index in [4.69, 9.17) is 9.15 Å². The van der Waals surface area contributed by atoms with Crippen molar-refractivity contribution in [2.45, 2.75) is 19.9 Å². The van der Waals surface area contributed by atoms with E-state index in [1.807, 2.05) is 42.5 Å². The highest BCUT2D eigenvalue weighted by Gasteiger charge is 2.34. The van der Waals surface area contributed by atoms with Gasteiger partial charge in [0.2, 0.25) is 0 Å². The number of benzene rings is 3. The molecule has 9 nitrogen and oxygen atoms in total. The molecule has 0 aliphatic carbocycles. The minimum atomic E-state index is -0.758. The van der Waals surface area contributed by atoms with Crippen LogP contribution in [0.3, 0.4) is 0 Å². The molecule has 1 aliphatic heterocycles. The van der Waals surface area contributed by atoms with Crippen molar-refractivity contribution in [2.24, 2.45) is 4.99 Å². The maximum atomic E-state index is 14.0. The van der Waals surface area contributed by atoms with Crippen LogP contribution in [0.5, 0.6) is 0 Å². The molecular formula is C31H22BrN3O6S. The SMILES string of the molecule is CCOC(=O)C1=C(C)N=c2s/c(=C\c3ccc(-c4ccc(Br)cc4[N+](=O)[O-])o3)c(=O)n2[C@H]1c1cccc2ccccc12. The van der Waals surface area contributed by atoms with E-state index in [9.17, 15) is 19.7 Å². The summed E-state index contributed by atoms with van der Waals surface area (Å²) in [5, 5.41) is 13.5. The summed E-state index contributed by atoms with van der Waals surface area (Å²) < 4.78 is 13.8. The highest BCUT2D eigenvalue weighted by Crippen LogP contribution is 2.35. The average Bonchev–Trinajstić information content (AvgIpc) is 3.56. The second-order valence-electron chi connectivity index (χ2n) is 9.49. The number of ether oxygens (including phenoxy) is 1. The van der Waals surface area contributed by atoms with Crippen molar-refractivity contribution in [1.82, 2.24) is 4.57 Å². The largest absolute Gasteiger partial charge is 0.463 e. The van der Waals surface area contributed by atoms with Gasteiger partial charge in [-0.05, 0) is 54.4 Å². The zero-order chi connectivity index (χ0) is 29.5. The molecule has 6 rings (SSSR count). The molecule has 0 unspecified atom stereocenters. The summed E-state index contributed by atoms with van der Waals surface area (Å²) in [5.41, 5.74) is 1.41. The molecule has 1 aliphatic rings. The predicted octanol–water partition coefficient (Wildman–Crippen LogP) is 5.88. The van der Waals surface area contributed by atoms with Gasteiger partial charge in [0, 0.05) is 16.6 Å². The number of nitro groups is 1. The molecule has 0 fully saturated rings. The number of esters is 1. The van der Waals surface area contributed by atoms with Gasteiger partial charge in [-0.1, -0.05) is 69.7 Å². The number of fused-ring (bicyclic) bond motifs is 2. The predicted molar refractivity (Wildman–Crippen MR) is 163 cm³/mol. The van der Waals surface area contributed by atoms with Crippen molar-refractivity contribution in [2.75, 3.05) is 6.61 Å². The molecule has 210 valence electrons. The number of carbonyl (C=O) groups excluding carboxylic acids is 1. The molecule has 0 spiro atoms. The Balaban J connectivity index is 1.52. The molecule has 0 amide bonds. The Morgan fingerprint density at radius 1 is 1.17 bits per heavy atom. The Labute approximate surface area is 251 Å². The number of hydrogen-bond donors (Lipinski definition) is 0. The van der Waals surface area contributed by atoms with Gasteiger partial charge in [0.1, 0.15) is 11.5 Å². The van der Waals surface area contributed by atoms with Crippen molar-refractivity contribution in [1.29, 1.82) is 0 Å². The molecule has 0 N–H and O–H groups in total. The third-order valence-corrected chi connectivity index (χ3v) is 8.43. The van der Waals surface area contributed by atoms with E-state index in [0.29, 0.717) is 42.2 Å². The maximum absolute atomic E-state index is 14.0. The van der Waals surface area contributed by atoms with E-state index >= 15 is 0 Å². The quantitative estimate of drug-likeness (QED) is 0.130. The Morgan fingerprint density at radius 3 is 2.74 bits per heavy atom. The van der Waals surface area contributed by atoms with Crippen molar-refractivity contribution in [3.8, 4) is 11.3 Å². The van der Waals surface area contributed by atoms with Crippen LogP contribution in [0.1, 0.15) is 31.2 Å². The van der Waals surface area contributed by atoms with E-state index in [-0.39, 0.29) is 17.9 Å². The second kappa shape index (κ2) is 11.0. The summed E-state index contributed by atoms with van der Waals surface area (Å²) in [7, 11) is 0. The smallest absolute Gasteiger partial charge is 0.338 e. The van der Waals surface area contributed by atoms with Gasteiger partial charge in [-0.2, -0.15) is 0 Å². The number of hydrogen-bond acceptors (Lipinski definition) is 8. The van der Waals surface area contributed by atoms with Gasteiger partial charge in [-0.3, -0.25) is 19.5 Å². The van der Waals surface area contributed by atoms with Crippen LogP contribution in [0.25, 0.3) is 28.2 Å². The Hall–Kier alpha value is -4.61. The first-order chi connectivity index (χ1) is 20.3. The summed E-state index contributed by atoms with van der Waals surface area (Å²) in [5.74, 6) is 0.107. The van der Waals surface area contributed by atoms with Crippen LogP contribution in [0.2, 0.25) is 0 Å². The lowest BCUT2D eigenvalue weighted by Crippen LogP contribution is -2.40. The van der Waals surface area contributed by atoms with Crippen LogP contribution >= 0.6 is 27.3 Å². The van der Waals surface area contributed by atoms with Gasteiger partial charge < -0.3 is 9.15 Å². The highest BCUT2D eigenvalue weighted by atomic mass is 79.9. The molecule has 5 aromatic rings. The minimum absolute atomic E-state index is 0.110. The summed E-state index contributed by atoms with van der Waals surface area (Å²) in [6.45, 7) is 3.65. The fourth-order valence-electron chi connectivity index (χ4n) is 5.14.